The fraction of sp³-hybridized carbons (Fsp3) is 0.500. The molecule has 1 aliphatic rings. The van der Waals surface area contributed by atoms with Crippen molar-refractivity contribution < 1.29 is 39.1 Å². The Labute approximate surface area is 175 Å². The van der Waals surface area contributed by atoms with E-state index in [1.54, 1.807) is 0 Å². The van der Waals surface area contributed by atoms with Crippen molar-refractivity contribution in [1.29, 1.82) is 5.26 Å². The van der Waals surface area contributed by atoms with Crippen LogP contribution in [0, 0.1) is 11.3 Å². The number of nitriles is 1. The van der Waals surface area contributed by atoms with Crippen LogP contribution in [0.15, 0.2) is 18.5 Å². The topological polar surface area (TPSA) is 203 Å². The number of carbonyl (C=O) groups excluding carboxylic acids is 1. The highest BCUT2D eigenvalue weighted by Crippen LogP contribution is 2.40. The highest BCUT2D eigenvalue weighted by molar-refractivity contribution is 5.66. The molecule has 4 atom stereocenters. The molecular formula is C18H21N5O8. The lowest BCUT2D eigenvalue weighted by molar-refractivity contribution is -0.137. The van der Waals surface area contributed by atoms with Gasteiger partial charge in [0.15, 0.2) is 5.82 Å². The van der Waals surface area contributed by atoms with Crippen LogP contribution in [0.2, 0.25) is 0 Å². The average molecular weight is 435 g/mol. The molecular weight excluding hydrogens is 414 g/mol. The molecule has 166 valence electrons. The third-order valence-electron chi connectivity index (χ3n) is 4.86. The van der Waals surface area contributed by atoms with E-state index in [1.165, 1.54) is 23.0 Å². The van der Waals surface area contributed by atoms with E-state index in [9.17, 15) is 25.1 Å². The van der Waals surface area contributed by atoms with Crippen LogP contribution >= 0.6 is 0 Å². The van der Waals surface area contributed by atoms with Crippen LogP contribution in [0.4, 0.5) is 10.6 Å². The first kappa shape index (κ1) is 22.2. The lowest BCUT2D eigenvalue weighted by atomic mass is 9.92. The number of fused-ring (bicyclic) bond motifs is 1. The summed E-state index contributed by atoms with van der Waals surface area (Å²) in [5.74, 6) is -0.798. The van der Waals surface area contributed by atoms with Crippen molar-refractivity contribution >= 4 is 23.5 Å². The van der Waals surface area contributed by atoms with Gasteiger partial charge in [0.1, 0.15) is 42.8 Å². The summed E-state index contributed by atoms with van der Waals surface area (Å²) in [5, 5.41) is 43.3. The van der Waals surface area contributed by atoms with Crippen LogP contribution in [0.1, 0.15) is 25.0 Å². The van der Waals surface area contributed by atoms with Gasteiger partial charge in [0.2, 0.25) is 5.60 Å². The summed E-state index contributed by atoms with van der Waals surface area (Å²) in [5.41, 5.74) is 4.29. The number of rotatable bonds is 8. The van der Waals surface area contributed by atoms with E-state index in [2.05, 4.69) is 10.1 Å². The molecule has 2 aromatic heterocycles. The number of carboxylic acids is 1. The van der Waals surface area contributed by atoms with Gasteiger partial charge in [0.05, 0.1) is 12.3 Å². The van der Waals surface area contributed by atoms with Crippen molar-refractivity contribution in [3.63, 3.8) is 0 Å². The summed E-state index contributed by atoms with van der Waals surface area (Å²) in [6.07, 6.45) is -3.69. The Morgan fingerprint density at radius 1 is 1.32 bits per heavy atom. The number of unbranched alkanes of at least 4 members (excludes halogenated alkanes) is 1. The number of hydrogen-bond donors (Lipinski definition) is 4. The summed E-state index contributed by atoms with van der Waals surface area (Å²) in [4.78, 5) is 26.0. The van der Waals surface area contributed by atoms with Crippen molar-refractivity contribution in [2.24, 2.45) is 0 Å². The van der Waals surface area contributed by atoms with E-state index in [4.69, 9.17) is 25.1 Å². The van der Waals surface area contributed by atoms with Gasteiger partial charge in [-0.3, -0.25) is 4.79 Å². The van der Waals surface area contributed by atoms with Crippen molar-refractivity contribution in [3.05, 3.63) is 24.2 Å². The molecule has 5 N–H and O–H groups in total. The van der Waals surface area contributed by atoms with Crippen LogP contribution in [0.25, 0.3) is 5.52 Å². The van der Waals surface area contributed by atoms with Crippen LogP contribution in [0.5, 0.6) is 0 Å². The molecule has 0 amide bonds. The quantitative estimate of drug-likeness (QED) is 0.308. The lowest BCUT2D eigenvalue weighted by Gasteiger charge is -2.24. The molecule has 0 bridgehead atoms. The number of nitrogen functional groups attached to an aromatic ring is 1. The third-order valence-corrected chi connectivity index (χ3v) is 4.86. The molecule has 0 spiro atoms. The van der Waals surface area contributed by atoms with Crippen molar-refractivity contribution in [2.75, 3.05) is 18.9 Å². The molecule has 0 radical (unpaired) electrons. The first-order chi connectivity index (χ1) is 14.8. The number of aromatic nitrogens is 3. The Hall–Kier alpha value is -3.47. The summed E-state index contributed by atoms with van der Waals surface area (Å²) < 4.78 is 16.6. The smallest absolute Gasteiger partial charge is 0.481 e. The number of carbonyl (C=O) groups is 2. The number of ether oxygens (including phenoxy) is 3. The zero-order valence-electron chi connectivity index (χ0n) is 16.2. The number of hydrogen-bond acceptors (Lipinski definition) is 11. The van der Waals surface area contributed by atoms with E-state index >= 15 is 0 Å². The summed E-state index contributed by atoms with van der Waals surface area (Å²) in [6.45, 7) is -0.529. The number of aliphatic carboxylic acids is 1. The second-order valence-electron chi connectivity index (χ2n) is 6.86. The van der Waals surface area contributed by atoms with Gasteiger partial charge in [-0.15, -0.1) is 0 Å². The molecule has 1 fully saturated rings. The van der Waals surface area contributed by atoms with E-state index in [1.807, 2.05) is 6.07 Å². The predicted octanol–water partition coefficient (Wildman–Crippen LogP) is -0.441. The predicted molar refractivity (Wildman–Crippen MR) is 100 cm³/mol. The molecule has 3 rings (SSSR count). The van der Waals surface area contributed by atoms with Crippen molar-refractivity contribution in [2.45, 2.75) is 43.2 Å². The largest absolute Gasteiger partial charge is 0.508 e. The Balaban J connectivity index is 1.64. The van der Waals surface area contributed by atoms with Crippen LogP contribution in [-0.2, 0) is 24.6 Å². The number of carboxylic acid groups (broad SMARTS) is 1. The maximum absolute atomic E-state index is 11.7. The number of anilines is 1. The maximum Gasteiger partial charge on any atom is 0.508 e. The molecule has 1 aliphatic heterocycles. The van der Waals surface area contributed by atoms with Crippen molar-refractivity contribution in [3.8, 4) is 6.07 Å². The van der Waals surface area contributed by atoms with E-state index in [0.29, 0.717) is 18.4 Å². The normalized spacial score (nSPS) is 25.3. The molecule has 13 nitrogen and oxygen atoms in total. The zero-order chi connectivity index (χ0) is 22.6. The standard InChI is InChI=1S/C18H21N5O8/c19-8-18(12-5-4-10-16(20)21-9-22-23(10)12)15(27)14(26)11(31-18)7-30-17(28)29-6-2-1-3-13(24)25/h4-5,9,11,14-15,26-27H,1-3,6-7H2,(H,24,25)(H2,20,21,22)/t11?,14-,15-,18+/m1/s1. The fourth-order valence-corrected chi connectivity index (χ4v) is 3.28. The first-order valence-corrected chi connectivity index (χ1v) is 9.35. The SMILES string of the molecule is N#C[C@@]1(c2ccc3c(N)ncnn23)OC(COC(=O)OCCCCC(=O)O)[C@@H](O)[C@H]1O. The summed E-state index contributed by atoms with van der Waals surface area (Å²) in [7, 11) is 0. The Morgan fingerprint density at radius 2 is 2.10 bits per heavy atom. The monoisotopic (exact) mass is 435 g/mol. The average Bonchev–Trinajstić information content (AvgIpc) is 3.28. The number of aliphatic hydroxyl groups excluding tert-OH is 2. The number of aliphatic hydroxyl groups is 2. The lowest BCUT2D eigenvalue weighted by Crippen LogP contribution is -2.41. The first-order valence-electron chi connectivity index (χ1n) is 9.35. The minimum absolute atomic E-state index is 0.0395. The number of nitrogens with zero attached hydrogens (tertiary/aromatic N) is 4. The van der Waals surface area contributed by atoms with E-state index in [0.717, 1.165) is 0 Å². The van der Waals surface area contributed by atoms with Gasteiger partial charge in [-0.1, -0.05) is 0 Å². The zero-order valence-corrected chi connectivity index (χ0v) is 16.2. The van der Waals surface area contributed by atoms with E-state index in [-0.39, 0.29) is 24.5 Å². The van der Waals surface area contributed by atoms with Crippen LogP contribution in [-0.4, -0.2) is 73.6 Å². The minimum atomic E-state index is -2.00. The summed E-state index contributed by atoms with van der Waals surface area (Å²) in [6, 6.07) is 4.88. The van der Waals surface area contributed by atoms with Gasteiger partial charge in [-0.2, -0.15) is 10.4 Å². The van der Waals surface area contributed by atoms with Crippen LogP contribution < -0.4 is 5.73 Å². The molecule has 2 aromatic rings. The molecule has 0 aromatic carbocycles. The molecule has 0 aliphatic carbocycles. The maximum atomic E-state index is 11.7. The third kappa shape index (κ3) is 4.36. The highest BCUT2D eigenvalue weighted by Gasteiger charge is 2.57. The number of nitrogens with two attached hydrogens (primary N) is 1. The van der Waals surface area contributed by atoms with Gasteiger partial charge in [-0.25, -0.2) is 14.3 Å². The Morgan fingerprint density at radius 3 is 2.81 bits per heavy atom. The Bertz CT molecular complexity index is 1000. The fourth-order valence-electron chi connectivity index (χ4n) is 3.28. The van der Waals surface area contributed by atoms with Gasteiger partial charge in [0, 0.05) is 6.42 Å². The molecule has 13 heteroatoms. The van der Waals surface area contributed by atoms with Gasteiger partial charge in [0.25, 0.3) is 0 Å². The van der Waals surface area contributed by atoms with Crippen LogP contribution in [0.3, 0.4) is 0 Å². The molecule has 1 unspecified atom stereocenters. The van der Waals surface area contributed by atoms with E-state index < -0.39 is 42.6 Å². The van der Waals surface area contributed by atoms with Gasteiger partial charge in [-0.05, 0) is 25.0 Å². The highest BCUT2D eigenvalue weighted by atomic mass is 16.7. The molecule has 1 saturated heterocycles. The molecule has 31 heavy (non-hydrogen) atoms. The second-order valence-corrected chi connectivity index (χ2v) is 6.86. The van der Waals surface area contributed by atoms with Crippen molar-refractivity contribution in [1.82, 2.24) is 14.6 Å². The molecule has 0 saturated carbocycles. The summed E-state index contributed by atoms with van der Waals surface area (Å²) >= 11 is 0. The Kier molecular flexibility index (Phi) is 6.54. The van der Waals surface area contributed by atoms with Gasteiger partial charge >= 0.3 is 12.1 Å². The van der Waals surface area contributed by atoms with Gasteiger partial charge < -0.3 is 35.3 Å². The second kappa shape index (κ2) is 9.13. The minimum Gasteiger partial charge on any atom is -0.481 e. The molecule has 3 heterocycles.